The van der Waals surface area contributed by atoms with E-state index in [2.05, 4.69) is 52.5 Å². The van der Waals surface area contributed by atoms with E-state index in [4.69, 9.17) is 16.6 Å². The van der Waals surface area contributed by atoms with Crippen LogP contribution in [0.2, 0.25) is 0 Å². The molecule has 1 fully saturated rings. The van der Waals surface area contributed by atoms with Crippen LogP contribution in [0.15, 0.2) is 60.9 Å². The Bertz CT molecular complexity index is 3240. The number of nitrogens with zero attached hydrogens (tertiary/aromatic N) is 1. The maximum atomic E-state index is 14.4. The lowest BCUT2D eigenvalue weighted by atomic mass is 10.0. The highest BCUT2D eigenvalue weighted by molar-refractivity contribution is 5.99. The Balaban J connectivity index is 1.37. The monoisotopic (exact) mass is 1230 g/mol. The summed E-state index contributed by atoms with van der Waals surface area (Å²) in [4.78, 5) is 189. The second kappa shape index (κ2) is 33.0. The third kappa shape index (κ3) is 20.3. The van der Waals surface area contributed by atoms with Gasteiger partial charge in [-0.25, -0.2) is 4.79 Å². The summed E-state index contributed by atoms with van der Waals surface area (Å²) < 4.78 is 0. The standard InChI is InChI=1S/C55H71N13O20/c56-31(11-15-42(57)71)47(79)60-24-43(72)61-34(12-16-44(73)74)48(80)64-37(20-27-22-58-32-8-3-1-6-29(27)32)50(82)66-39(25-69)52(84)62-35(13-17-45(75)76)49(81)65-38(21-28-23-59-33-9-4-2-7-30(28)33)51(83)67-40(26-70)54(86)68-19-5-10-41(68)53(85)63-36(55(87)88)14-18-46(77)78/h1-4,6-9,22-23,31,34-41,58-59,69-70H,5,10-21,24-26,56H2,(H2,57,71)(H,60,79)(H,61,72)(H,62,84)(H,63,85)(H,64,80)(H,65,81)(H,66,82)(H,67,83)(H,73,74)(H,75,76)(H,77,78)(H,87,88)/t31-,34-,35-,36-,37-,38-,39-,40-,41-/m0/s1. The van der Waals surface area contributed by atoms with Crippen LogP contribution in [0.3, 0.4) is 0 Å². The van der Waals surface area contributed by atoms with Crippen molar-refractivity contribution in [3.05, 3.63) is 72.1 Å². The third-order valence-corrected chi connectivity index (χ3v) is 14.2. The number of aliphatic carboxylic acids is 4. The van der Waals surface area contributed by atoms with Crippen LogP contribution in [0, 0.1) is 0 Å². The lowest BCUT2D eigenvalue weighted by Gasteiger charge is -2.30. The Kier molecular flexibility index (Phi) is 25.8. The van der Waals surface area contributed by atoms with Gasteiger partial charge in [0.25, 0.3) is 0 Å². The maximum Gasteiger partial charge on any atom is 0.326 e. The van der Waals surface area contributed by atoms with E-state index in [1.165, 1.54) is 12.4 Å². The van der Waals surface area contributed by atoms with Crippen molar-refractivity contribution in [2.24, 2.45) is 11.5 Å². The summed E-state index contributed by atoms with van der Waals surface area (Å²) in [5.41, 5.74) is 12.9. The predicted octanol–water partition coefficient (Wildman–Crippen LogP) is -4.81. The first kappa shape index (κ1) is 68.8. The summed E-state index contributed by atoms with van der Waals surface area (Å²) in [6.07, 6.45) is -1.66. The highest BCUT2D eigenvalue weighted by Gasteiger charge is 2.40. The molecule has 0 aliphatic carbocycles. The van der Waals surface area contributed by atoms with E-state index in [-0.39, 0.29) is 45.1 Å². The molecule has 10 amide bonds. The molecule has 5 rings (SSSR count). The van der Waals surface area contributed by atoms with Crippen LogP contribution in [0.4, 0.5) is 0 Å². The summed E-state index contributed by atoms with van der Waals surface area (Å²) in [5.74, 6) is -16.2. The van der Waals surface area contributed by atoms with Crippen LogP contribution in [0.25, 0.3) is 21.8 Å². The number of para-hydroxylation sites is 2. The number of hydrogen-bond acceptors (Lipinski definition) is 17. The number of H-pyrrole nitrogens is 2. The summed E-state index contributed by atoms with van der Waals surface area (Å²) in [6.45, 7) is -3.13. The van der Waals surface area contributed by atoms with Crippen LogP contribution in [0.1, 0.15) is 75.3 Å². The van der Waals surface area contributed by atoms with Crippen LogP contribution in [-0.4, -0.2) is 209 Å². The topological polar surface area (TPSA) is 543 Å². The SMILES string of the molecule is NC(=O)CC[C@H](N)C(=O)NCC(=O)N[C@@H](CCC(=O)O)C(=O)N[C@@H](Cc1c[nH]c2ccccc12)C(=O)N[C@@H](CO)C(=O)N[C@@H](CCC(=O)O)C(=O)N[C@@H](Cc1c[nH]c2ccccc12)C(=O)N[C@@H](CO)C(=O)N1CCC[C@H]1C(=O)N[C@@H](CCC(=O)O)C(=O)O. The number of rotatable bonds is 36. The molecule has 20 N–H and O–H groups in total. The Morgan fingerprint density at radius 3 is 1.43 bits per heavy atom. The fourth-order valence-electron chi connectivity index (χ4n) is 9.54. The number of benzene rings is 2. The lowest BCUT2D eigenvalue weighted by molar-refractivity contribution is -0.146. The van der Waals surface area contributed by atoms with Gasteiger partial charge in [-0.05, 0) is 61.8 Å². The Labute approximate surface area is 499 Å². The van der Waals surface area contributed by atoms with Gasteiger partial charge in [-0.15, -0.1) is 0 Å². The van der Waals surface area contributed by atoms with Gasteiger partial charge in [0, 0.05) is 79.3 Å². The van der Waals surface area contributed by atoms with Crippen LogP contribution in [-0.2, 0) is 80.0 Å². The zero-order chi connectivity index (χ0) is 64.8. The van der Waals surface area contributed by atoms with Crippen molar-refractivity contribution >= 4 is 105 Å². The second-order valence-electron chi connectivity index (χ2n) is 20.6. The average molecular weight is 1230 g/mol. The quantitative estimate of drug-likeness (QED) is 0.0203. The number of aliphatic hydroxyl groups is 2. The number of aromatic amines is 2. The fraction of sp³-hybridized carbons (Fsp3) is 0.455. The van der Waals surface area contributed by atoms with E-state index in [9.17, 15) is 92.7 Å². The Morgan fingerprint density at radius 2 is 0.955 bits per heavy atom. The summed E-state index contributed by atoms with van der Waals surface area (Å²) >= 11 is 0. The zero-order valence-corrected chi connectivity index (χ0v) is 47.3. The molecule has 4 aromatic rings. The summed E-state index contributed by atoms with van der Waals surface area (Å²) in [5, 5.41) is 78.7. The van der Waals surface area contributed by atoms with Gasteiger partial charge in [0.15, 0.2) is 0 Å². The van der Waals surface area contributed by atoms with Crippen molar-refractivity contribution in [2.45, 2.75) is 131 Å². The van der Waals surface area contributed by atoms with Gasteiger partial charge in [0.05, 0.1) is 25.8 Å². The van der Waals surface area contributed by atoms with Crippen LogP contribution in [0.5, 0.6) is 0 Å². The van der Waals surface area contributed by atoms with Crippen molar-refractivity contribution in [1.82, 2.24) is 57.4 Å². The minimum Gasteiger partial charge on any atom is -0.481 e. The number of amides is 10. The molecule has 1 aliphatic rings. The Morgan fingerprint density at radius 1 is 0.523 bits per heavy atom. The fourth-order valence-corrected chi connectivity index (χ4v) is 9.54. The number of primary amides is 1. The third-order valence-electron chi connectivity index (χ3n) is 14.2. The molecule has 2 aromatic heterocycles. The number of nitrogens with one attached hydrogen (secondary N) is 10. The highest BCUT2D eigenvalue weighted by Crippen LogP contribution is 2.23. The molecule has 9 atom stereocenters. The first-order valence-electron chi connectivity index (χ1n) is 27.7. The van der Waals surface area contributed by atoms with Crippen molar-refractivity contribution in [1.29, 1.82) is 0 Å². The van der Waals surface area contributed by atoms with Crippen molar-refractivity contribution < 1.29 is 97.8 Å². The number of hydrogen-bond donors (Lipinski definition) is 18. The molecule has 476 valence electrons. The van der Waals surface area contributed by atoms with E-state index in [1.807, 2.05) is 0 Å². The molecule has 3 heterocycles. The van der Waals surface area contributed by atoms with Crippen LogP contribution < -0.4 is 54.0 Å². The van der Waals surface area contributed by atoms with E-state index >= 15 is 0 Å². The van der Waals surface area contributed by atoms with E-state index in [0.29, 0.717) is 32.9 Å². The molecule has 33 heteroatoms. The average Bonchev–Trinajstić information content (AvgIpc) is 3.90. The molecular formula is C55H71N13O20. The van der Waals surface area contributed by atoms with E-state index in [0.717, 1.165) is 4.90 Å². The number of carboxylic acids is 4. The molecule has 33 nitrogen and oxygen atoms in total. The molecule has 1 saturated heterocycles. The molecule has 88 heavy (non-hydrogen) atoms. The smallest absolute Gasteiger partial charge is 0.326 e. The molecule has 0 unspecified atom stereocenters. The van der Waals surface area contributed by atoms with Gasteiger partial charge < -0.3 is 99.5 Å². The number of aromatic nitrogens is 2. The number of aliphatic hydroxyl groups excluding tert-OH is 2. The number of nitrogens with two attached hydrogens (primary N) is 2. The first-order valence-corrected chi connectivity index (χ1v) is 27.7. The maximum absolute atomic E-state index is 14.4. The normalized spacial score (nSPS) is 15.6. The van der Waals surface area contributed by atoms with Crippen LogP contribution >= 0.6 is 0 Å². The first-order chi connectivity index (χ1) is 41.8. The number of carboxylic acid groups (broad SMARTS) is 4. The second-order valence-corrected chi connectivity index (χ2v) is 20.6. The van der Waals surface area contributed by atoms with E-state index in [1.54, 1.807) is 48.5 Å². The van der Waals surface area contributed by atoms with Gasteiger partial charge in [0.2, 0.25) is 59.1 Å². The lowest BCUT2D eigenvalue weighted by Crippen LogP contribution is -2.61. The van der Waals surface area contributed by atoms with Crippen molar-refractivity contribution in [2.75, 3.05) is 26.3 Å². The minimum absolute atomic E-state index is 0.0174. The predicted molar refractivity (Wildman–Crippen MR) is 304 cm³/mol. The summed E-state index contributed by atoms with van der Waals surface area (Å²) in [6, 6.07) is -1.40. The molecule has 0 radical (unpaired) electrons. The largest absolute Gasteiger partial charge is 0.481 e. The van der Waals surface area contributed by atoms with Gasteiger partial charge in [-0.3, -0.25) is 62.3 Å². The number of likely N-dealkylation sites (tertiary alicyclic amines) is 1. The summed E-state index contributed by atoms with van der Waals surface area (Å²) in [7, 11) is 0. The highest BCUT2D eigenvalue weighted by atomic mass is 16.4. The molecule has 0 bridgehead atoms. The van der Waals surface area contributed by atoms with Crippen molar-refractivity contribution in [3.8, 4) is 0 Å². The van der Waals surface area contributed by atoms with Gasteiger partial charge >= 0.3 is 23.9 Å². The molecule has 2 aromatic carbocycles. The van der Waals surface area contributed by atoms with Gasteiger partial charge in [-0.1, -0.05) is 36.4 Å². The van der Waals surface area contributed by atoms with Gasteiger partial charge in [-0.2, -0.15) is 0 Å². The number of fused-ring (bicyclic) bond motifs is 2. The molecule has 0 saturated carbocycles. The zero-order valence-electron chi connectivity index (χ0n) is 47.3. The van der Waals surface area contributed by atoms with Crippen molar-refractivity contribution in [3.63, 3.8) is 0 Å². The van der Waals surface area contributed by atoms with Gasteiger partial charge in [0.1, 0.15) is 48.3 Å². The number of carbonyl (C=O) groups is 14. The number of carbonyl (C=O) groups excluding carboxylic acids is 10. The minimum atomic E-state index is -1.98. The molecule has 0 spiro atoms. The van der Waals surface area contributed by atoms with E-state index < -0.39 is 196 Å². The molecule has 1 aliphatic heterocycles. The Hall–Kier alpha value is -10.0. The molecular weight excluding hydrogens is 1160 g/mol.